The largest absolute Gasteiger partial charge is 0.497 e. The molecule has 4 rings (SSSR count). The average molecular weight is 439 g/mol. The third-order valence-corrected chi connectivity index (χ3v) is 6.22. The number of hydrogen-bond donors (Lipinski definition) is 1. The van der Waals surface area contributed by atoms with Crippen molar-refractivity contribution in [3.05, 3.63) is 53.3 Å². The Balaban J connectivity index is 1.56. The van der Waals surface area contributed by atoms with Crippen LogP contribution in [-0.2, 0) is 0 Å². The van der Waals surface area contributed by atoms with Crippen molar-refractivity contribution in [2.75, 3.05) is 27.9 Å². The number of rotatable bonds is 6. The van der Waals surface area contributed by atoms with Crippen molar-refractivity contribution in [3.63, 3.8) is 0 Å². The van der Waals surface area contributed by atoms with Gasteiger partial charge in [-0.3, -0.25) is 0 Å². The normalized spacial score (nSPS) is 16.8. The molecular formula is C25H30N2O5. The van der Waals surface area contributed by atoms with E-state index in [0.717, 1.165) is 57.9 Å². The summed E-state index contributed by atoms with van der Waals surface area (Å²) in [7, 11) is 4.92. The summed E-state index contributed by atoms with van der Waals surface area (Å²) < 4.78 is 22.4. The molecule has 2 unspecified atom stereocenters. The summed E-state index contributed by atoms with van der Waals surface area (Å²) in [5.41, 5.74) is 2.73. The Labute approximate surface area is 188 Å². The molecule has 2 atom stereocenters. The fraction of sp³-hybridized carbons (Fsp3) is 0.400. The number of likely N-dealkylation sites (tertiary alicyclic amines) is 1. The quantitative estimate of drug-likeness (QED) is 0.560. The maximum absolute atomic E-state index is 13.3. The molecule has 2 amide bonds. The number of urea groups is 1. The van der Waals surface area contributed by atoms with Crippen LogP contribution in [0, 0.1) is 6.92 Å². The van der Waals surface area contributed by atoms with Gasteiger partial charge in [0.2, 0.25) is 0 Å². The van der Waals surface area contributed by atoms with Gasteiger partial charge in [0.15, 0.2) is 0 Å². The number of furan rings is 1. The maximum Gasteiger partial charge on any atom is 0.318 e. The number of ether oxygens (including phenoxy) is 3. The zero-order valence-corrected chi connectivity index (χ0v) is 19.2. The molecule has 170 valence electrons. The van der Waals surface area contributed by atoms with E-state index >= 15 is 0 Å². The molecule has 1 fully saturated rings. The lowest BCUT2D eigenvalue weighted by Crippen LogP contribution is -2.40. The van der Waals surface area contributed by atoms with E-state index in [1.807, 2.05) is 55.1 Å². The Morgan fingerprint density at radius 3 is 2.53 bits per heavy atom. The Bertz CT molecular complexity index is 1120. The summed E-state index contributed by atoms with van der Waals surface area (Å²) in [6, 6.07) is 10.9. The van der Waals surface area contributed by atoms with Crippen LogP contribution in [0.15, 0.2) is 40.8 Å². The first kappa shape index (κ1) is 21.9. The fourth-order valence-electron chi connectivity index (χ4n) is 4.53. The van der Waals surface area contributed by atoms with Gasteiger partial charge in [-0.25, -0.2) is 4.79 Å². The second-order valence-electron chi connectivity index (χ2n) is 8.08. The number of amides is 2. The van der Waals surface area contributed by atoms with Gasteiger partial charge in [-0.2, -0.15) is 0 Å². The third-order valence-electron chi connectivity index (χ3n) is 6.22. The number of fused-ring (bicyclic) bond motifs is 1. The number of aryl methyl sites for hydroxylation is 1. The lowest BCUT2D eigenvalue weighted by Gasteiger charge is -2.28. The first-order valence-corrected chi connectivity index (χ1v) is 10.8. The van der Waals surface area contributed by atoms with Gasteiger partial charge in [0, 0.05) is 23.1 Å². The Hall–Kier alpha value is -3.35. The predicted molar refractivity (Wildman–Crippen MR) is 123 cm³/mol. The number of benzene rings is 2. The molecule has 1 saturated heterocycles. The van der Waals surface area contributed by atoms with Gasteiger partial charge < -0.3 is 28.8 Å². The molecule has 1 aliphatic heterocycles. The lowest BCUT2D eigenvalue weighted by atomic mass is 10.0. The van der Waals surface area contributed by atoms with Crippen molar-refractivity contribution >= 4 is 17.0 Å². The van der Waals surface area contributed by atoms with Crippen molar-refractivity contribution in [2.24, 2.45) is 0 Å². The minimum absolute atomic E-state index is 0.0757. The van der Waals surface area contributed by atoms with E-state index in [-0.39, 0.29) is 18.1 Å². The highest BCUT2D eigenvalue weighted by molar-refractivity contribution is 5.84. The van der Waals surface area contributed by atoms with Crippen molar-refractivity contribution < 1.29 is 23.4 Å². The van der Waals surface area contributed by atoms with Crippen molar-refractivity contribution in [1.82, 2.24) is 10.2 Å². The number of carbonyl (C=O) groups excluding carboxylic acids is 1. The van der Waals surface area contributed by atoms with Gasteiger partial charge in [0.1, 0.15) is 28.6 Å². The summed E-state index contributed by atoms with van der Waals surface area (Å²) in [5, 5.41) is 4.11. The second kappa shape index (κ2) is 9.02. The second-order valence-corrected chi connectivity index (χ2v) is 8.08. The van der Waals surface area contributed by atoms with E-state index in [1.165, 1.54) is 0 Å². The molecule has 0 aliphatic carbocycles. The Morgan fingerprint density at radius 1 is 1.09 bits per heavy atom. The van der Waals surface area contributed by atoms with Crippen LogP contribution in [0.1, 0.15) is 48.7 Å². The number of nitrogens with zero attached hydrogens (tertiary/aromatic N) is 1. The van der Waals surface area contributed by atoms with Gasteiger partial charge in [0.25, 0.3) is 0 Å². The monoisotopic (exact) mass is 438 g/mol. The summed E-state index contributed by atoms with van der Waals surface area (Å²) in [6.45, 7) is 4.62. The lowest BCUT2D eigenvalue weighted by molar-refractivity contribution is 0.187. The van der Waals surface area contributed by atoms with E-state index in [2.05, 4.69) is 5.32 Å². The highest BCUT2D eigenvalue weighted by atomic mass is 16.5. The number of carbonyl (C=O) groups is 1. The van der Waals surface area contributed by atoms with E-state index in [9.17, 15) is 4.79 Å². The third kappa shape index (κ3) is 3.95. The Kier molecular flexibility index (Phi) is 6.17. The summed E-state index contributed by atoms with van der Waals surface area (Å²) in [6.07, 6.45) is 1.80. The summed E-state index contributed by atoms with van der Waals surface area (Å²) in [4.78, 5) is 15.1. The molecule has 2 aromatic carbocycles. The fourth-order valence-corrected chi connectivity index (χ4v) is 4.53. The van der Waals surface area contributed by atoms with Gasteiger partial charge in [-0.05, 0) is 63.1 Å². The van der Waals surface area contributed by atoms with E-state index in [4.69, 9.17) is 18.6 Å². The predicted octanol–water partition coefficient (Wildman–Crippen LogP) is 5.37. The van der Waals surface area contributed by atoms with Crippen molar-refractivity contribution in [2.45, 2.75) is 38.8 Å². The molecule has 2 heterocycles. The van der Waals surface area contributed by atoms with Crippen molar-refractivity contribution in [3.8, 4) is 17.2 Å². The number of methoxy groups -OCH3 is 3. The Morgan fingerprint density at radius 2 is 1.81 bits per heavy atom. The standard InChI is InChI=1S/C25H30N2O5/c1-15-19-13-17(29-3)9-11-23(19)32-24(15)16(2)26-25(28)27-12-6-7-21(27)20-14-18(30-4)8-10-22(20)31-5/h8-11,13-14,16,21H,6-7,12H2,1-5H3,(H,26,28). The molecule has 3 aromatic rings. The number of hydrogen-bond acceptors (Lipinski definition) is 5. The topological polar surface area (TPSA) is 73.2 Å². The van der Waals surface area contributed by atoms with E-state index < -0.39 is 0 Å². The smallest absolute Gasteiger partial charge is 0.318 e. The molecule has 7 nitrogen and oxygen atoms in total. The average Bonchev–Trinajstić information content (AvgIpc) is 3.43. The van der Waals surface area contributed by atoms with Gasteiger partial charge in [-0.15, -0.1) is 0 Å². The molecular weight excluding hydrogens is 408 g/mol. The number of nitrogens with one attached hydrogen (secondary N) is 1. The van der Waals surface area contributed by atoms with Gasteiger partial charge >= 0.3 is 6.03 Å². The first-order valence-electron chi connectivity index (χ1n) is 10.8. The van der Waals surface area contributed by atoms with Crippen LogP contribution in [0.5, 0.6) is 17.2 Å². The minimum atomic E-state index is -0.283. The molecule has 0 spiro atoms. The van der Waals surface area contributed by atoms with Crippen LogP contribution in [0.4, 0.5) is 4.79 Å². The van der Waals surface area contributed by atoms with Crippen LogP contribution >= 0.6 is 0 Å². The first-order chi connectivity index (χ1) is 15.5. The van der Waals surface area contributed by atoms with Crippen LogP contribution in [0.2, 0.25) is 0 Å². The van der Waals surface area contributed by atoms with Crippen LogP contribution in [0.3, 0.4) is 0 Å². The molecule has 1 aliphatic rings. The molecule has 0 radical (unpaired) electrons. The maximum atomic E-state index is 13.3. The minimum Gasteiger partial charge on any atom is -0.497 e. The van der Waals surface area contributed by atoms with Crippen molar-refractivity contribution in [1.29, 1.82) is 0 Å². The zero-order chi connectivity index (χ0) is 22.8. The summed E-state index contributed by atoms with van der Waals surface area (Å²) in [5.74, 6) is 3.02. The van der Waals surface area contributed by atoms with Crippen LogP contribution in [-0.4, -0.2) is 38.8 Å². The SMILES string of the molecule is COc1ccc(OC)c(C2CCCN2C(=O)NC(C)c2oc3ccc(OC)cc3c2C)c1. The highest BCUT2D eigenvalue weighted by Crippen LogP contribution is 2.39. The van der Waals surface area contributed by atoms with Gasteiger partial charge in [-0.1, -0.05) is 0 Å². The molecule has 1 N–H and O–H groups in total. The molecule has 0 saturated carbocycles. The molecule has 32 heavy (non-hydrogen) atoms. The van der Waals surface area contributed by atoms with E-state index in [1.54, 1.807) is 21.3 Å². The van der Waals surface area contributed by atoms with E-state index in [0.29, 0.717) is 6.54 Å². The molecule has 0 bridgehead atoms. The zero-order valence-electron chi connectivity index (χ0n) is 19.2. The molecule has 1 aromatic heterocycles. The van der Waals surface area contributed by atoms with Crippen LogP contribution < -0.4 is 19.5 Å². The van der Waals surface area contributed by atoms with Crippen LogP contribution in [0.25, 0.3) is 11.0 Å². The van der Waals surface area contributed by atoms with Gasteiger partial charge in [0.05, 0.1) is 33.4 Å². The summed E-state index contributed by atoms with van der Waals surface area (Å²) >= 11 is 0. The highest BCUT2D eigenvalue weighted by Gasteiger charge is 2.33. The molecule has 7 heteroatoms.